The lowest BCUT2D eigenvalue weighted by Gasteiger charge is -2.32. The number of benzene rings is 2. The molecule has 0 aliphatic carbocycles. The van der Waals surface area contributed by atoms with Gasteiger partial charge in [0.2, 0.25) is 0 Å². The van der Waals surface area contributed by atoms with Crippen molar-refractivity contribution < 1.29 is 14.3 Å². The number of fused-ring (bicyclic) bond motifs is 1. The number of amides is 1. The van der Waals surface area contributed by atoms with Crippen molar-refractivity contribution >= 4 is 23.0 Å². The number of nitriles is 1. The second-order valence-electron chi connectivity index (χ2n) is 10.1. The van der Waals surface area contributed by atoms with E-state index in [9.17, 15) is 10.1 Å². The normalized spacial score (nSPS) is 14.5. The Kier molecular flexibility index (Phi) is 8.63. The van der Waals surface area contributed by atoms with Gasteiger partial charge < -0.3 is 24.7 Å². The van der Waals surface area contributed by atoms with Gasteiger partial charge in [-0.25, -0.2) is 4.98 Å². The number of pyridine rings is 1. The summed E-state index contributed by atoms with van der Waals surface area (Å²) in [7, 11) is 5.29. The van der Waals surface area contributed by atoms with Crippen LogP contribution in [-0.4, -0.2) is 73.1 Å². The second-order valence-corrected chi connectivity index (χ2v) is 10.1. The minimum Gasteiger partial charge on any atom is -0.493 e. The first-order valence-electron chi connectivity index (χ1n) is 13.6. The van der Waals surface area contributed by atoms with E-state index in [-0.39, 0.29) is 12.1 Å². The van der Waals surface area contributed by atoms with Crippen molar-refractivity contribution in [2.75, 3.05) is 47.4 Å². The molecule has 1 aliphatic heterocycles. The molecule has 1 fully saturated rings. The first kappa shape index (κ1) is 27.9. The van der Waals surface area contributed by atoms with Crippen molar-refractivity contribution in [3.8, 4) is 28.7 Å². The minimum absolute atomic E-state index is 0.00343. The molecule has 4 aromatic rings. The van der Waals surface area contributed by atoms with Crippen molar-refractivity contribution in [2.45, 2.75) is 13.1 Å². The highest BCUT2D eigenvalue weighted by molar-refractivity contribution is 6.06. The molecule has 0 bridgehead atoms. The SMILES string of the molecule is COc1ccc(CNC(=O)/C(C#N)=C/c2c[nH]c3nccc(-c4ccc(CN5CCN(C)CC5)cc4)c23)cc1OC. The number of nitrogens with zero attached hydrogens (tertiary/aromatic N) is 4. The van der Waals surface area contributed by atoms with Crippen LogP contribution in [0.5, 0.6) is 11.5 Å². The van der Waals surface area contributed by atoms with Crippen molar-refractivity contribution in [1.82, 2.24) is 25.1 Å². The average molecular weight is 551 g/mol. The van der Waals surface area contributed by atoms with E-state index in [4.69, 9.17) is 9.47 Å². The molecule has 2 aromatic carbocycles. The predicted octanol–water partition coefficient (Wildman–Crippen LogP) is 4.22. The molecule has 0 radical (unpaired) electrons. The van der Waals surface area contributed by atoms with Crippen LogP contribution in [0.25, 0.3) is 28.2 Å². The first-order valence-corrected chi connectivity index (χ1v) is 13.6. The van der Waals surface area contributed by atoms with E-state index in [0.717, 1.165) is 60.4 Å². The molecule has 0 unspecified atom stereocenters. The maximum Gasteiger partial charge on any atom is 0.262 e. The fourth-order valence-corrected chi connectivity index (χ4v) is 5.06. The number of hydrogen-bond acceptors (Lipinski definition) is 7. The quantitative estimate of drug-likeness (QED) is 0.237. The van der Waals surface area contributed by atoms with Gasteiger partial charge in [-0.2, -0.15) is 5.26 Å². The number of aromatic amines is 1. The lowest BCUT2D eigenvalue weighted by Crippen LogP contribution is -2.43. The van der Waals surface area contributed by atoms with Crippen LogP contribution in [-0.2, 0) is 17.9 Å². The second kappa shape index (κ2) is 12.7. The summed E-state index contributed by atoms with van der Waals surface area (Å²) < 4.78 is 10.6. The fraction of sp³-hybridized carbons (Fsp3) is 0.281. The van der Waals surface area contributed by atoms with Gasteiger partial charge in [-0.1, -0.05) is 30.3 Å². The number of hydrogen-bond donors (Lipinski definition) is 2. The molecule has 9 nitrogen and oxygen atoms in total. The monoisotopic (exact) mass is 550 g/mol. The highest BCUT2D eigenvalue weighted by Crippen LogP contribution is 2.32. The van der Waals surface area contributed by atoms with Crippen LogP contribution < -0.4 is 14.8 Å². The van der Waals surface area contributed by atoms with Crippen LogP contribution in [0.1, 0.15) is 16.7 Å². The molecule has 0 saturated carbocycles. The number of aromatic nitrogens is 2. The van der Waals surface area contributed by atoms with Gasteiger partial charge in [-0.05, 0) is 53.6 Å². The molecule has 2 aromatic heterocycles. The molecule has 3 heterocycles. The smallest absolute Gasteiger partial charge is 0.262 e. The maximum atomic E-state index is 13.0. The summed E-state index contributed by atoms with van der Waals surface area (Å²) in [6.07, 6.45) is 5.15. The van der Waals surface area contributed by atoms with Crippen LogP contribution in [0.15, 0.2) is 66.5 Å². The number of likely N-dealkylation sites (N-methyl/N-ethyl adjacent to an activating group) is 1. The molecule has 1 aliphatic rings. The van der Waals surface area contributed by atoms with Crippen LogP contribution in [0.3, 0.4) is 0 Å². The van der Waals surface area contributed by atoms with Gasteiger partial charge in [0, 0.05) is 62.6 Å². The Labute approximate surface area is 240 Å². The summed E-state index contributed by atoms with van der Waals surface area (Å²) in [5.74, 6) is 0.713. The van der Waals surface area contributed by atoms with E-state index in [1.54, 1.807) is 44.8 Å². The molecule has 5 rings (SSSR count). The molecular formula is C32H34N6O3. The molecule has 2 N–H and O–H groups in total. The Morgan fingerprint density at radius 3 is 2.49 bits per heavy atom. The summed E-state index contributed by atoms with van der Waals surface area (Å²) >= 11 is 0. The standard InChI is InChI=1S/C32H34N6O3/c1-37-12-14-38(15-13-37)21-22-4-7-24(8-5-22)27-10-11-34-31-30(27)26(20-35-31)17-25(18-33)32(39)36-19-23-6-9-28(40-2)29(16-23)41-3/h4-11,16-17,20H,12-15,19,21H2,1-3H3,(H,34,35)(H,36,39)/b25-17+. The van der Waals surface area contributed by atoms with E-state index in [0.29, 0.717) is 17.1 Å². The van der Waals surface area contributed by atoms with Crippen LogP contribution >= 0.6 is 0 Å². The fourth-order valence-electron chi connectivity index (χ4n) is 5.06. The Hall–Kier alpha value is -4.65. The van der Waals surface area contributed by atoms with Crippen molar-refractivity contribution in [3.05, 3.63) is 83.2 Å². The number of piperazine rings is 1. The maximum absolute atomic E-state index is 13.0. The van der Waals surface area contributed by atoms with E-state index < -0.39 is 5.91 Å². The average Bonchev–Trinajstić information content (AvgIpc) is 3.43. The number of nitrogens with one attached hydrogen (secondary N) is 2. The van der Waals surface area contributed by atoms with Crippen molar-refractivity contribution in [2.24, 2.45) is 0 Å². The number of carbonyl (C=O) groups excluding carboxylic acids is 1. The number of rotatable bonds is 9. The van der Waals surface area contributed by atoms with Crippen molar-refractivity contribution in [1.29, 1.82) is 5.26 Å². The van der Waals surface area contributed by atoms with Gasteiger partial charge in [0.15, 0.2) is 11.5 Å². The van der Waals surface area contributed by atoms with Gasteiger partial charge >= 0.3 is 0 Å². The largest absolute Gasteiger partial charge is 0.493 e. The van der Waals surface area contributed by atoms with Gasteiger partial charge in [0.1, 0.15) is 17.3 Å². The van der Waals surface area contributed by atoms with E-state index in [2.05, 4.69) is 62.5 Å². The third-order valence-electron chi connectivity index (χ3n) is 7.44. The summed E-state index contributed by atoms with van der Waals surface area (Å²) in [6.45, 7) is 5.50. The van der Waals surface area contributed by atoms with Gasteiger partial charge in [0.05, 0.1) is 14.2 Å². The molecular weight excluding hydrogens is 516 g/mol. The topological polar surface area (TPSA) is 107 Å². The number of methoxy groups -OCH3 is 2. The zero-order valence-corrected chi connectivity index (χ0v) is 23.6. The third-order valence-corrected chi connectivity index (χ3v) is 7.44. The third kappa shape index (κ3) is 6.40. The summed E-state index contributed by atoms with van der Waals surface area (Å²) in [5, 5.41) is 13.5. The van der Waals surface area contributed by atoms with Gasteiger partial charge in [-0.15, -0.1) is 0 Å². The van der Waals surface area contributed by atoms with Crippen LogP contribution in [0.4, 0.5) is 0 Å². The number of ether oxygens (including phenoxy) is 2. The number of carbonyl (C=O) groups is 1. The molecule has 0 atom stereocenters. The minimum atomic E-state index is -0.463. The Bertz CT molecular complexity index is 1590. The van der Waals surface area contributed by atoms with Gasteiger partial charge in [-0.3, -0.25) is 9.69 Å². The lowest BCUT2D eigenvalue weighted by molar-refractivity contribution is -0.117. The molecule has 1 saturated heterocycles. The van der Waals surface area contributed by atoms with Crippen molar-refractivity contribution in [3.63, 3.8) is 0 Å². The van der Waals surface area contributed by atoms with Crippen LogP contribution in [0, 0.1) is 11.3 Å². The lowest BCUT2D eigenvalue weighted by atomic mass is 9.99. The zero-order valence-electron chi connectivity index (χ0n) is 23.6. The van der Waals surface area contributed by atoms with E-state index in [1.807, 2.05) is 12.1 Å². The highest BCUT2D eigenvalue weighted by atomic mass is 16.5. The van der Waals surface area contributed by atoms with Crippen LogP contribution in [0.2, 0.25) is 0 Å². The molecule has 1 amide bonds. The molecule has 9 heteroatoms. The summed E-state index contributed by atoms with van der Waals surface area (Å²) in [4.78, 5) is 25.5. The molecule has 0 spiro atoms. The van der Waals surface area contributed by atoms with Gasteiger partial charge in [0.25, 0.3) is 5.91 Å². The summed E-state index contributed by atoms with van der Waals surface area (Å²) in [6, 6.07) is 18.0. The highest BCUT2D eigenvalue weighted by Gasteiger charge is 2.16. The number of H-pyrrole nitrogens is 1. The summed E-state index contributed by atoms with van der Waals surface area (Å²) in [5.41, 5.74) is 5.55. The Balaban J connectivity index is 1.34. The molecule has 210 valence electrons. The molecule has 41 heavy (non-hydrogen) atoms. The van der Waals surface area contributed by atoms with E-state index in [1.165, 1.54) is 5.56 Å². The predicted molar refractivity (Wildman–Crippen MR) is 159 cm³/mol. The Morgan fingerprint density at radius 2 is 1.78 bits per heavy atom. The van der Waals surface area contributed by atoms with E-state index >= 15 is 0 Å². The zero-order chi connectivity index (χ0) is 28.8. The Morgan fingerprint density at radius 1 is 1.05 bits per heavy atom. The first-order chi connectivity index (χ1) is 20.0.